The molecule has 1 aromatic carbocycles. The van der Waals surface area contributed by atoms with Gasteiger partial charge in [-0.3, -0.25) is 0 Å². The number of anilines is 2. The third-order valence-electron chi connectivity index (χ3n) is 4.21. The van der Waals surface area contributed by atoms with Crippen LogP contribution in [0.15, 0.2) is 18.2 Å². The molecule has 0 bridgehead atoms. The summed E-state index contributed by atoms with van der Waals surface area (Å²) in [6, 6.07) is 5.03. The van der Waals surface area contributed by atoms with E-state index in [0.717, 1.165) is 18.8 Å². The largest absolute Gasteiger partial charge is 0.399 e. The van der Waals surface area contributed by atoms with Gasteiger partial charge in [0.1, 0.15) is 0 Å². The molecule has 0 aromatic heterocycles. The normalized spacial score (nSPS) is 23.0. The van der Waals surface area contributed by atoms with Crippen LogP contribution in [0, 0.1) is 5.92 Å². The van der Waals surface area contributed by atoms with Crippen LogP contribution in [0.25, 0.3) is 0 Å². The molecular weight excluding hydrogens is 258 g/mol. The first-order chi connectivity index (χ1) is 9.60. The van der Waals surface area contributed by atoms with E-state index in [-0.39, 0.29) is 5.56 Å². The standard InChI is InChI=1S/C16H24F2N2/c1-2-3-11-4-7-13(8-5-11)20-15-9-6-12(19)10-14(15)16(17)18/h6,9-11,13,16,20H,2-5,7-8,19H2,1H3. The first-order valence-corrected chi connectivity index (χ1v) is 7.54. The van der Waals surface area contributed by atoms with Crippen LogP contribution < -0.4 is 11.1 Å². The highest BCUT2D eigenvalue weighted by Crippen LogP contribution is 2.33. The minimum atomic E-state index is -2.49. The monoisotopic (exact) mass is 282 g/mol. The summed E-state index contributed by atoms with van der Waals surface area (Å²) in [5, 5.41) is 3.29. The molecule has 1 aromatic rings. The van der Waals surface area contributed by atoms with Crippen molar-refractivity contribution in [3.63, 3.8) is 0 Å². The predicted octanol–water partition coefficient (Wildman–Crippen LogP) is 4.98. The molecule has 2 rings (SSSR count). The predicted molar refractivity (Wildman–Crippen MR) is 80.1 cm³/mol. The third-order valence-corrected chi connectivity index (χ3v) is 4.21. The van der Waals surface area contributed by atoms with Crippen molar-refractivity contribution in [2.75, 3.05) is 11.1 Å². The van der Waals surface area contributed by atoms with E-state index in [1.165, 1.54) is 31.7 Å². The molecule has 3 N–H and O–H groups in total. The molecule has 0 saturated heterocycles. The first kappa shape index (κ1) is 15.1. The summed E-state index contributed by atoms with van der Waals surface area (Å²) in [5.74, 6) is 0.819. The quantitative estimate of drug-likeness (QED) is 0.748. The topological polar surface area (TPSA) is 38.0 Å². The van der Waals surface area contributed by atoms with Gasteiger partial charge >= 0.3 is 0 Å². The van der Waals surface area contributed by atoms with E-state index in [1.54, 1.807) is 12.1 Å². The van der Waals surface area contributed by atoms with E-state index < -0.39 is 6.43 Å². The van der Waals surface area contributed by atoms with E-state index in [0.29, 0.717) is 17.4 Å². The number of rotatable bonds is 5. The number of nitrogen functional groups attached to an aromatic ring is 1. The minimum Gasteiger partial charge on any atom is -0.399 e. The zero-order valence-corrected chi connectivity index (χ0v) is 12.0. The number of hydrogen-bond acceptors (Lipinski definition) is 2. The molecule has 1 aliphatic rings. The summed E-state index contributed by atoms with van der Waals surface area (Å²) in [4.78, 5) is 0. The van der Waals surface area contributed by atoms with Gasteiger partial charge < -0.3 is 11.1 Å². The van der Waals surface area contributed by atoms with Gasteiger partial charge in [-0.15, -0.1) is 0 Å². The maximum absolute atomic E-state index is 13.0. The second-order valence-corrected chi connectivity index (χ2v) is 5.80. The minimum absolute atomic E-state index is 0.0145. The van der Waals surface area contributed by atoms with Gasteiger partial charge in [0.2, 0.25) is 0 Å². The van der Waals surface area contributed by atoms with Crippen LogP contribution in [0.4, 0.5) is 20.2 Å². The van der Waals surface area contributed by atoms with Gasteiger partial charge in [0.15, 0.2) is 0 Å². The highest BCUT2D eigenvalue weighted by atomic mass is 19.3. The van der Waals surface area contributed by atoms with Crippen LogP contribution >= 0.6 is 0 Å². The summed E-state index contributed by atoms with van der Waals surface area (Å²) in [7, 11) is 0. The van der Waals surface area contributed by atoms with Crippen LogP contribution in [-0.2, 0) is 0 Å². The van der Waals surface area contributed by atoms with Crippen LogP contribution in [-0.4, -0.2) is 6.04 Å². The Morgan fingerprint density at radius 2 is 1.95 bits per heavy atom. The number of hydrogen-bond donors (Lipinski definition) is 2. The lowest BCUT2D eigenvalue weighted by atomic mass is 9.83. The molecule has 0 unspecified atom stereocenters. The highest BCUT2D eigenvalue weighted by molar-refractivity contribution is 5.59. The summed E-state index contributed by atoms with van der Waals surface area (Å²) in [6.45, 7) is 2.22. The van der Waals surface area contributed by atoms with Gasteiger partial charge in [0.25, 0.3) is 6.43 Å². The van der Waals surface area contributed by atoms with Crippen molar-refractivity contribution in [2.45, 2.75) is 57.9 Å². The Hall–Kier alpha value is -1.32. The molecule has 0 atom stereocenters. The number of benzene rings is 1. The van der Waals surface area contributed by atoms with Crippen molar-refractivity contribution in [3.05, 3.63) is 23.8 Å². The van der Waals surface area contributed by atoms with Gasteiger partial charge in [0, 0.05) is 23.0 Å². The van der Waals surface area contributed by atoms with Crippen molar-refractivity contribution in [2.24, 2.45) is 5.92 Å². The maximum Gasteiger partial charge on any atom is 0.265 e. The van der Waals surface area contributed by atoms with Crippen LogP contribution in [0.3, 0.4) is 0 Å². The van der Waals surface area contributed by atoms with Crippen molar-refractivity contribution >= 4 is 11.4 Å². The molecule has 2 nitrogen and oxygen atoms in total. The van der Waals surface area contributed by atoms with E-state index in [2.05, 4.69) is 12.2 Å². The highest BCUT2D eigenvalue weighted by Gasteiger charge is 2.22. The fraction of sp³-hybridized carbons (Fsp3) is 0.625. The van der Waals surface area contributed by atoms with Crippen LogP contribution in [0.2, 0.25) is 0 Å². The zero-order valence-electron chi connectivity index (χ0n) is 12.0. The Balaban J connectivity index is 1.97. The second kappa shape index (κ2) is 6.91. The molecule has 1 aliphatic carbocycles. The molecule has 112 valence electrons. The van der Waals surface area contributed by atoms with Gasteiger partial charge in [-0.25, -0.2) is 8.78 Å². The Morgan fingerprint density at radius 3 is 2.55 bits per heavy atom. The molecule has 0 heterocycles. The summed E-state index contributed by atoms with van der Waals surface area (Å²) >= 11 is 0. The smallest absolute Gasteiger partial charge is 0.265 e. The molecule has 1 fully saturated rings. The molecular formula is C16H24F2N2. The zero-order chi connectivity index (χ0) is 14.5. The Labute approximate surface area is 119 Å². The second-order valence-electron chi connectivity index (χ2n) is 5.80. The van der Waals surface area contributed by atoms with Gasteiger partial charge in [-0.2, -0.15) is 0 Å². The molecule has 4 heteroatoms. The third kappa shape index (κ3) is 3.84. The summed E-state index contributed by atoms with van der Waals surface area (Å²) < 4.78 is 26.1. The van der Waals surface area contributed by atoms with Crippen molar-refractivity contribution < 1.29 is 8.78 Å². The van der Waals surface area contributed by atoms with E-state index in [4.69, 9.17) is 5.73 Å². The van der Waals surface area contributed by atoms with Gasteiger partial charge in [-0.1, -0.05) is 19.8 Å². The summed E-state index contributed by atoms with van der Waals surface area (Å²) in [5.41, 5.74) is 6.53. The molecule has 20 heavy (non-hydrogen) atoms. The van der Waals surface area contributed by atoms with Gasteiger partial charge in [-0.05, 0) is 49.8 Å². The average Bonchev–Trinajstić information content (AvgIpc) is 2.43. The maximum atomic E-state index is 13.0. The Kier molecular flexibility index (Phi) is 5.21. The Morgan fingerprint density at radius 1 is 1.25 bits per heavy atom. The lowest BCUT2D eigenvalue weighted by molar-refractivity contribution is 0.152. The van der Waals surface area contributed by atoms with Crippen LogP contribution in [0.1, 0.15) is 57.4 Å². The number of alkyl halides is 2. The molecule has 0 radical (unpaired) electrons. The lowest BCUT2D eigenvalue weighted by Gasteiger charge is -2.30. The van der Waals surface area contributed by atoms with Crippen molar-refractivity contribution in [3.8, 4) is 0 Å². The number of halogens is 2. The fourth-order valence-electron chi connectivity index (χ4n) is 3.12. The lowest BCUT2D eigenvalue weighted by Crippen LogP contribution is -2.26. The Bertz CT molecular complexity index is 426. The molecule has 0 aliphatic heterocycles. The SMILES string of the molecule is CCCC1CCC(Nc2ccc(N)cc2C(F)F)CC1. The van der Waals surface area contributed by atoms with Crippen molar-refractivity contribution in [1.29, 1.82) is 0 Å². The molecule has 0 amide bonds. The first-order valence-electron chi connectivity index (χ1n) is 7.54. The van der Waals surface area contributed by atoms with E-state index >= 15 is 0 Å². The fourth-order valence-corrected chi connectivity index (χ4v) is 3.12. The van der Waals surface area contributed by atoms with E-state index in [9.17, 15) is 8.78 Å². The van der Waals surface area contributed by atoms with Gasteiger partial charge in [0.05, 0.1) is 0 Å². The van der Waals surface area contributed by atoms with E-state index in [1.807, 2.05) is 0 Å². The number of nitrogens with one attached hydrogen (secondary N) is 1. The summed E-state index contributed by atoms with van der Waals surface area (Å²) in [6.07, 6.45) is 4.56. The average molecular weight is 282 g/mol. The molecule has 0 spiro atoms. The molecule has 1 saturated carbocycles. The number of nitrogens with two attached hydrogens (primary N) is 1. The van der Waals surface area contributed by atoms with Crippen molar-refractivity contribution in [1.82, 2.24) is 0 Å². The van der Waals surface area contributed by atoms with Crippen LogP contribution in [0.5, 0.6) is 0 Å².